The number of hydrogen-bond donors (Lipinski definition) is 0. The van der Waals surface area contributed by atoms with Gasteiger partial charge in [0.15, 0.2) is 6.17 Å². The van der Waals surface area contributed by atoms with Crippen molar-refractivity contribution in [2.75, 3.05) is 0 Å². The first-order valence-corrected chi connectivity index (χ1v) is 21.0. The quantitative estimate of drug-likeness (QED) is 0.155. The average Bonchev–Trinajstić information content (AvgIpc) is 3.51. The van der Waals surface area contributed by atoms with Crippen molar-refractivity contribution in [1.82, 2.24) is 0 Å². The number of hydrogen-bond acceptors (Lipinski definition) is 2. The van der Waals surface area contributed by atoms with Crippen LogP contribution in [0, 0.1) is 0 Å². The second kappa shape index (κ2) is 14.8. The van der Waals surface area contributed by atoms with Crippen LogP contribution in [0.4, 0.5) is 0 Å². The Morgan fingerprint density at radius 3 is 1.78 bits per heavy atom. The molecule has 0 fully saturated rings. The van der Waals surface area contributed by atoms with Crippen molar-refractivity contribution in [2.24, 2.45) is 9.98 Å². The third-order valence-corrected chi connectivity index (χ3v) is 13.0. The van der Waals surface area contributed by atoms with Gasteiger partial charge >= 0.3 is 0 Å². The van der Waals surface area contributed by atoms with Crippen molar-refractivity contribution in [3.63, 3.8) is 0 Å². The van der Waals surface area contributed by atoms with Crippen molar-refractivity contribution in [1.29, 1.82) is 0 Å². The molecule has 8 aromatic carbocycles. The first kappa shape index (κ1) is 35.3. The fourth-order valence-electron chi connectivity index (χ4n) is 10.3. The Morgan fingerprint density at radius 2 is 1.05 bits per heavy atom. The van der Waals surface area contributed by atoms with E-state index in [-0.39, 0.29) is 6.17 Å². The average molecular weight is 757 g/mol. The molecular formula is C57H44N2. The van der Waals surface area contributed by atoms with Gasteiger partial charge in [-0.2, -0.15) is 0 Å². The maximum absolute atomic E-state index is 5.29. The lowest BCUT2D eigenvalue weighted by Crippen LogP contribution is -2.28. The zero-order valence-corrected chi connectivity index (χ0v) is 33.0. The Bertz CT molecular complexity index is 2830. The van der Waals surface area contributed by atoms with Gasteiger partial charge in [0, 0.05) is 6.42 Å². The monoisotopic (exact) mass is 756 g/mol. The van der Waals surface area contributed by atoms with Crippen molar-refractivity contribution < 1.29 is 0 Å². The number of rotatable bonds is 7. The predicted molar refractivity (Wildman–Crippen MR) is 244 cm³/mol. The molecule has 0 radical (unpaired) electrons. The molecule has 1 heterocycles. The third-order valence-electron chi connectivity index (χ3n) is 13.0. The number of benzene rings is 8. The molecule has 0 saturated carbocycles. The number of nitrogens with zero attached hydrogens (tertiary/aromatic N) is 2. The Balaban J connectivity index is 0.974. The first-order valence-electron chi connectivity index (χ1n) is 21.0. The van der Waals surface area contributed by atoms with Gasteiger partial charge in [-0.15, -0.1) is 0 Å². The van der Waals surface area contributed by atoms with E-state index in [9.17, 15) is 0 Å². The van der Waals surface area contributed by atoms with E-state index in [0.717, 1.165) is 41.8 Å². The normalized spacial score (nSPS) is 17.4. The minimum atomic E-state index is -0.401. The topological polar surface area (TPSA) is 24.7 Å². The molecule has 0 N–H and O–H groups in total. The van der Waals surface area contributed by atoms with E-state index in [4.69, 9.17) is 9.98 Å². The summed E-state index contributed by atoms with van der Waals surface area (Å²) in [6.07, 6.45) is 3.50. The van der Waals surface area contributed by atoms with Crippen LogP contribution in [0.25, 0.3) is 22.3 Å². The van der Waals surface area contributed by atoms with E-state index in [1.165, 1.54) is 66.8 Å². The zero-order chi connectivity index (χ0) is 39.2. The van der Waals surface area contributed by atoms with E-state index in [0.29, 0.717) is 12.3 Å². The Hall–Kier alpha value is -6.90. The van der Waals surface area contributed by atoms with Crippen molar-refractivity contribution in [2.45, 2.75) is 43.2 Å². The highest BCUT2D eigenvalue weighted by Crippen LogP contribution is 2.58. The van der Waals surface area contributed by atoms with E-state index in [1.807, 2.05) is 0 Å². The largest absolute Gasteiger partial charge is 0.257 e. The Morgan fingerprint density at radius 1 is 0.458 bits per heavy atom. The van der Waals surface area contributed by atoms with Crippen LogP contribution in [0.1, 0.15) is 80.6 Å². The molecule has 8 aromatic rings. The van der Waals surface area contributed by atoms with Crippen molar-refractivity contribution in [3.8, 4) is 22.3 Å². The molecule has 59 heavy (non-hydrogen) atoms. The van der Waals surface area contributed by atoms with E-state index >= 15 is 0 Å². The molecule has 282 valence electrons. The number of aryl methyl sites for hydroxylation is 1. The van der Waals surface area contributed by atoms with Crippen LogP contribution in [0.15, 0.2) is 216 Å². The molecular weight excluding hydrogens is 713 g/mol. The van der Waals surface area contributed by atoms with Gasteiger partial charge in [-0.3, -0.25) is 9.98 Å². The first-order chi connectivity index (χ1) is 29.2. The van der Waals surface area contributed by atoms with Crippen LogP contribution in [0.3, 0.4) is 0 Å². The highest BCUT2D eigenvalue weighted by molar-refractivity contribution is 6.19. The van der Waals surface area contributed by atoms with Crippen LogP contribution in [0.2, 0.25) is 0 Å². The van der Waals surface area contributed by atoms with Crippen molar-refractivity contribution >= 4 is 11.4 Å². The maximum atomic E-state index is 5.29. The predicted octanol–water partition coefficient (Wildman–Crippen LogP) is 13.4. The summed E-state index contributed by atoms with van der Waals surface area (Å²) in [6.45, 7) is 0. The molecule has 2 atom stereocenters. The fraction of sp³-hybridized carbons (Fsp3) is 0.123. The lowest BCUT2D eigenvalue weighted by Gasteiger charge is -2.34. The van der Waals surface area contributed by atoms with Crippen LogP contribution < -0.4 is 0 Å². The summed E-state index contributed by atoms with van der Waals surface area (Å²) >= 11 is 0. The molecule has 11 rings (SSSR count). The second-order valence-electron chi connectivity index (χ2n) is 16.3. The minimum Gasteiger partial charge on any atom is -0.257 e. The van der Waals surface area contributed by atoms with Gasteiger partial charge in [0.25, 0.3) is 0 Å². The minimum absolute atomic E-state index is 0.262. The van der Waals surface area contributed by atoms with Gasteiger partial charge in [-0.1, -0.05) is 194 Å². The second-order valence-corrected chi connectivity index (χ2v) is 16.3. The van der Waals surface area contributed by atoms with Gasteiger partial charge in [-0.25, -0.2) is 0 Å². The molecule has 0 bridgehead atoms. The number of aliphatic imine (C=N–C) groups is 2. The summed E-state index contributed by atoms with van der Waals surface area (Å²) in [5.41, 5.74) is 20.2. The van der Waals surface area contributed by atoms with Gasteiger partial charge in [0.1, 0.15) is 0 Å². The van der Waals surface area contributed by atoms with Crippen LogP contribution in [-0.2, 0) is 18.3 Å². The maximum Gasteiger partial charge on any atom is 0.165 e. The molecule has 0 saturated heterocycles. The van der Waals surface area contributed by atoms with Gasteiger partial charge in [0.2, 0.25) is 0 Å². The summed E-state index contributed by atoms with van der Waals surface area (Å²) in [6, 6.07) is 76.0. The fourth-order valence-corrected chi connectivity index (χ4v) is 10.3. The SMILES string of the molecule is c1ccc(C2=NC(c3ccccc3)N=C(c3cccc(CC4CCc5cc6c(cc5-c5ccccc54)-c4ccccc4C6(c4ccccc4)c4ccccc4)c3)C2)cc1. The highest BCUT2D eigenvalue weighted by Gasteiger charge is 2.46. The van der Waals surface area contributed by atoms with Crippen LogP contribution >= 0.6 is 0 Å². The molecule has 0 amide bonds. The summed E-state index contributed by atoms with van der Waals surface area (Å²) in [7, 11) is 0. The molecule has 2 nitrogen and oxygen atoms in total. The smallest absolute Gasteiger partial charge is 0.165 e. The van der Waals surface area contributed by atoms with Crippen LogP contribution in [0.5, 0.6) is 0 Å². The highest BCUT2D eigenvalue weighted by atomic mass is 15.0. The van der Waals surface area contributed by atoms with Gasteiger partial charge in [0.05, 0.1) is 16.8 Å². The molecule has 1 aliphatic heterocycles. The lowest BCUT2D eigenvalue weighted by atomic mass is 9.67. The van der Waals surface area contributed by atoms with E-state index in [1.54, 1.807) is 0 Å². The molecule has 3 aliphatic rings. The van der Waals surface area contributed by atoms with Crippen LogP contribution in [-0.4, -0.2) is 11.4 Å². The van der Waals surface area contributed by atoms with Gasteiger partial charge < -0.3 is 0 Å². The summed E-state index contributed by atoms with van der Waals surface area (Å²) in [4.78, 5) is 10.5. The summed E-state index contributed by atoms with van der Waals surface area (Å²) < 4.78 is 0. The van der Waals surface area contributed by atoms with Crippen molar-refractivity contribution in [3.05, 3.63) is 262 Å². The standard InChI is InChI=1S/C57H44N2/c1-5-19-40(20-6-1)54-38-55(59-56(58-54)41-21-7-2-8-22-41)44-23-17-18-39(35-44)34-42-32-33-43-36-53-51(37-50(43)48-29-14-13-28-47(42)48)49-30-15-16-31-52(49)57(53,45-24-9-3-10-25-45)46-26-11-4-12-27-46/h1-31,35-37,42,56H,32-34,38H2. The lowest BCUT2D eigenvalue weighted by molar-refractivity contribution is 0.628. The summed E-state index contributed by atoms with van der Waals surface area (Å²) in [5.74, 6) is 0.371. The van der Waals surface area contributed by atoms with Gasteiger partial charge in [-0.05, 0) is 115 Å². The Labute approximate surface area is 347 Å². The third kappa shape index (κ3) is 6.10. The molecule has 0 spiro atoms. The molecule has 0 aromatic heterocycles. The molecule has 2 heteroatoms. The number of fused-ring (bicyclic) bond motifs is 6. The molecule has 2 unspecified atom stereocenters. The van der Waals surface area contributed by atoms with E-state index < -0.39 is 5.41 Å². The zero-order valence-electron chi connectivity index (χ0n) is 33.0. The van der Waals surface area contributed by atoms with E-state index in [2.05, 4.69) is 206 Å². The molecule has 2 aliphatic carbocycles. The summed E-state index contributed by atoms with van der Waals surface area (Å²) in [5, 5.41) is 0. The Kier molecular flexibility index (Phi) is 8.85.